The van der Waals surface area contributed by atoms with Gasteiger partial charge in [0.15, 0.2) is 0 Å². The number of carboxylic acids is 1. The zero-order chi connectivity index (χ0) is 13.5. The molecule has 18 heavy (non-hydrogen) atoms. The van der Waals surface area contributed by atoms with Crippen LogP contribution in [0.5, 0.6) is 0 Å². The quantitative estimate of drug-likeness (QED) is 0.879. The Morgan fingerprint density at radius 1 is 1.39 bits per heavy atom. The summed E-state index contributed by atoms with van der Waals surface area (Å²) < 4.78 is 38.4. The van der Waals surface area contributed by atoms with Gasteiger partial charge in [-0.3, -0.25) is 9.59 Å². The van der Waals surface area contributed by atoms with E-state index < -0.39 is 30.2 Å². The smallest absolute Gasteiger partial charge is 0.418 e. The van der Waals surface area contributed by atoms with E-state index in [2.05, 4.69) is 0 Å². The van der Waals surface area contributed by atoms with Crippen LogP contribution < -0.4 is 4.90 Å². The van der Waals surface area contributed by atoms with Gasteiger partial charge in [0.25, 0.3) is 0 Å². The summed E-state index contributed by atoms with van der Waals surface area (Å²) in [6.45, 7) is -0.765. The Morgan fingerprint density at radius 2 is 2.06 bits per heavy atom. The van der Waals surface area contributed by atoms with Gasteiger partial charge in [-0.1, -0.05) is 12.1 Å². The van der Waals surface area contributed by atoms with Gasteiger partial charge in [0.05, 0.1) is 17.7 Å². The molecule has 0 atom stereocenters. The van der Waals surface area contributed by atoms with Crippen LogP contribution in [-0.2, 0) is 22.2 Å². The third-order valence-corrected chi connectivity index (χ3v) is 2.63. The lowest BCUT2D eigenvalue weighted by Gasteiger charge is -2.19. The molecule has 0 unspecified atom stereocenters. The number of carbonyl (C=O) groups excluding carboxylic acids is 1. The molecule has 0 bridgehead atoms. The van der Waals surface area contributed by atoms with Gasteiger partial charge in [-0.15, -0.1) is 0 Å². The highest BCUT2D eigenvalue weighted by atomic mass is 19.4. The number of aliphatic carboxylic acids is 1. The maximum Gasteiger partial charge on any atom is 0.418 e. The number of hydrogen-bond donors (Lipinski definition) is 1. The Labute approximate surface area is 99.6 Å². The molecule has 0 saturated carbocycles. The summed E-state index contributed by atoms with van der Waals surface area (Å²) in [7, 11) is 0. The van der Waals surface area contributed by atoms with Crippen LogP contribution in [-0.4, -0.2) is 23.5 Å². The van der Waals surface area contributed by atoms with Crippen molar-refractivity contribution in [3.05, 3.63) is 29.3 Å². The topological polar surface area (TPSA) is 57.6 Å². The van der Waals surface area contributed by atoms with Gasteiger partial charge in [-0.05, 0) is 11.6 Å². The molecule has 96 valence electrons. The van der Waals surface area contributed by atoms with E-state index in [9.17, 15) is 22.8 Å². The minimum absolute atomic E-state index is 0.202. The highest BCUT2D eigenvalue weighted by Crippen LogP contribution is 2.41. The summed E-state index contributed by atoms with van der Waals surface area (Å²) >= 11 is 0. The number of amides is 1. The van der Waals surface area contributed by atoms with Crippen LogP contribution in [0.25, 0.3) is 0 Å². The van der Waals surface area contributed by atoms with Crippen LogP contribution in [0.2, 0.25) is 0 Å². The molecule has 1 heterocycles. The first-order valence-electron chi connectivity index (χ1n) is 5.02. The number of alkyl halides is 3. The number of benzene rings is 1. The Balaban J connectivity index is 2.54. The average Bonchev–Trinajstić information content (AvgIpc) is 2.53. The number of anilines is 1. The maximum atomic E-state index is 12.8. The SMILES string of the molecule is O=C(O)CN1C(=O)Cc2cccc(C(F)(F)F)c21. The third-order valence-electron chi connectivity index (χ3n) is 2.63. The fourth-order valence-corrected chi connectivity index (χ4v) is 1.97. The highest BCUT2D eigenvalue weighted by molar-refractivity contribution is 6.05. The van der Waals surface area contributed by atoms with Crippen molar-refractivity contribution >= 4 is 17.6 Å². The first-order valence-corrected chi connectivity index (χ1v) is 5.02. The third kappa shape index (κ3) is 2.03. The van der Waals surface area contributed by atoms with E-state index in [4.69, 9.17) is 5.11 Å². The van der Waals surface area contributed by atoms with Crippen molar-refractivity contribution in [2.75, 3.05) is 11.4 Å². The van der Waals surface area contributed by atoms with E-state index in [1.54, 1.807) is 0 Å². The van der Waals surface area contributed by atoms with Crippen LogP contribution in [0, 0.1) is 0 Å². The van der Waals surface area contributed by atoms with Gasteiger partial charge in [0, 0.05) is 0 Å². The number of nitrogens with zero attached hydrogens (tertiary/aromatic N) is 1. The van der Waals surface area contributed by atoms with E-state index in [1.807, 2.05) is 0 Å². The molecule has 2 rings (SSSR count). The Morgan fingerprint density at radius 3 is 2.61 bits per heavy atom. The van der Waals surface area contributed by atoms with E-state index in [0.29, 0.717) is 4.90 Å². The van der Waals surface area contributed by atoms with E-state index in [-0.39, 0.29) is 17.7 Å². The van der Waals surface area contributed by atoms with Crippen LogP contribution in [0.15, 0.2) is 18.2 Å². The first kappa shape index (κ1) is 12.4. The molecule has 0 aromatic heterocycles. The molecule has 4 nitrogen and oxygen atoms in total. The zero-order valence-electron chi connectivity index (χ0n) is 8.99. The van der Waals surface area contributed by atoms with E-state index in [0.717, 1.165) is 6.07 Å². The largest absolute Gasteiger partial charge is 0.480 e. The Bertz CT molecular complexity index is 525. The van der Waals surface area contributed by atoms with Crippen molar-refractivity contribution in [3.63, 3.8) is 0 Å². The molecular formula is C11H8F3NO3. The number of hydrogen-bond acceptors (Lipinski definition) is 2. The van der Waals surface area contributed by atoms with Crippen LogP contribution in [0.4, 0.5) is 18.9 Å². The van der Waals surface area contributed by atoms with E-state index in [1.165, 1.54) is 12.1 Å². The van der Waals surface area contributed by atoms with Gasteiger partial charge >= 0.3 is 12.1 Å². The lowest BCUT2D eigenvalue weighted by Crippen LogP contribution is -2.33. The normalized spacial score (nSPS) is 14.8. The van der Waals surface area contributed by atoms with Gasteiger partial charge in [-0.25, -0.2) is 0 Å². The fraction of sp³-hybridized carbons (Fsp3) is 0.273. The lowest BCUT2D eigenvalue weighted by molar-refractivity contribution is -0.139. The zero-order valence-corrected chi connectivity index (χ0v) is 8.99. The molecule has 1 amide bonds. The molecule has 1 aliphatic rings. The molecule has 0 saturated heterocycles. The molecular weight excluding hydrogens is 251 g/mol. The second-order valence-corrected chi connectivity index (χ2v) is 3.86. The van der Waals surface area contributed by atoms with Crippen LogP contribution >= 0.6 is 0 Å². The van der Waals surface area contributed by atoms with Gasteiger partial charge in [-0.2, -0.15) is 13.2 Å². The van der Waals surface area contributed by atoms with Crippen molar-refractivity contribution in [2.24, 2.45) is 0 Å². The van der Waals surface area contributed by atoms with Crippen molar-refractivity contribution in [1.82, 2.24) is 0 Å². The number of carbonyl (C=O) groups is 2. The van der Waals surface area contributed by atoms with Crippen molar-refractivity contribution < 1.29 is 27.9 Å². The van der Waals surface area contributed by atoms with Crippen LogP contribution in [0.1, 0.15) is 11.1 Å². The first-order chi connectivity index (χ1) is 8.30. The second kappa shape index (κ2) is 4.01. The fourth-order valence-electron chi connectivity index (χ4n) is 1.97. The van der Waals surface area contributed by atoms with Crippen molar-refractivity contribution in [3.8, 4) is 0 Å². The monoisotopic (exact) mass is 259 g/mol. The maximum absolute atomic E-state index is 12.8. The number of fused-ring (bicyclic) bond motifs is 1. The standard InChI is InChI=1S/C11H8F3NO3/c12-11(13,14)7-3-1-2-6-4-8(16)15(10(6)7)5-9(17)18/h1-3H,4-5H2,(H,17,18). The summed E-state index contributed by atoms with van der Waals surface area (Å²) in [4.78, 5) is 22.8. The molecule has 0 aliphatic carbocycles. The van der Waals surface area contributed by atoms with Gasteiger partial charge in [0.1, 0.15) is 6.54 Å². The molecule has 1 aliphatic heterocycles. The molecule has 0 spiro atoms. The number of halogens is 3. The van der Waals surface area contributed by atoms with Crippen LogP contribution in [0.3, 0.4) is 0 Å². The highest BCUT2D eigenvalue weighted by Gasteiger charge is 2.40. The van der Waals surface area contributed by atoms with E-state index >= 15 is 0 Å². The average molecular weight is 259 g/mol. The molecule has 7 heteroatoms. The van der Waals surface area contributed by atoms with Crippen molar-refractivity contribution in [2.45, 2.75) is 12.6 Å². The lowest BCUT2D eigenvalue weighted by atomic mass is 10.1. The molecule has 1 aromatic carbocycles. The Hall–Kier alpha value is -2.05. The number of carboxylic acid groups (broad SMARTS) is 1. The summed E-state index contributed by atoms with van der Waals surface area (Å²) in [5.41, 5.74) is -1.11. The van der Waals surface area contributed by atoms with Crippen molar-refractivity contribution in [1.29, 1.82) is 0 Å². The molecule has 0 fully saturated rings. The number of rotatable bonds is 2. The minimum atomic E-state index is -4.62. The summed E-state index contributed by atoms with van der Waals surface area (Å²) in [5.74, 6) is -1.99. The summed E-state index contributed by atoms with van der Waals surface area (Å²) in [6.07, 6.45) is -4.82. The molecule has 1 N–H and O–H groups in total. The predicted molar refractivity (Wildman–Crippen MR) is 55.1 cm³/mol. The van der Waals surface area contributed by atoms with Gasteiger partial charge in [0.2, 0.25) is 5.91 Å². The molecule has 1 aromatic rings. The number of para-hydroxylation sites is 1. The summed E-state index contributed by atoms with van der Waals surface area (Å²) in [5, 5.41) is 8.64. The second-order valence-electron chi connectivity index (χ2n) is 3.86. The predicted octanol–water partition coefficient (Wildman–Crippen LogP) is 1.68. The summed E-state index contributed by atoms with van der Waals surface area (Å²) in [6, 6.07) is 3.44. The Kier molecular flexibility index (Phi) is 2.76. The van der Waals surface area contributed by atoms with Gasteiger partial charge < -0.3 is 10.0 Å². The molecule has 0 radical (unpaired) electrons. The minimum Gasteiger partial charge on any atom is -0.480 e.